The number of nitrogens with zero attached hydrogens (tertiary/aromatic N) is 4. The summed E-state index contributed by atoms with van der Waals surface area (Å²) in [6, 6.07) is 6.08. The Morgan fingerprint density at radius 2 is 2.00 bits per heavy atom. The highest BCUT2D eigenvalue weighted by Gasteiger charge is 2.49. The van der Waals surface area contributed by atoms with Crippen LogP contribution in [0.4, 0.5) is 6.01 Å². The van der Waals surface area contributed by atoms with E-state index in [0.29, 0.717) is 43.0 Å². The minimum absolute atomic E-state index is 0.0964. The summed E-state index contributed by atoms with van der Waals surface area (Å²) in [4.78, 5) is 16.0. The lowest BCUT2D eigenvalue weighted by atomic mass is 9.72. The largest absolute Gasteiger partial charge is 0.493 e. The second-order valence-corrected chi connectivity index (χ2v) is 9.31. The highest BCUT2D eigenvalue weighted by Crippen LogP contribution is 2.47. The molecule has 0 saturated carbocycles. The SMILES string of the molecule is COc1ccc([C@@H]2CN(C(=O)C(O)CO)C[C@@]2(C)[C@@H](C)O)cc1OC1CN(c2nnc(C)o2)C1. The van der Waals surface area contributed by atoms with Gasteiger partial charge in [-0.15, -0.1) is 5.10 Å². The van der Waals surface area contributed by atoms with E-state index in [2.05, 4.69) is 10.2 Å². The second kappa shape index (κ2) is 9.40. The molecule has 1 aromatic heterocycles. The number of amides is 1. The monoisotopic (exact) mass is 476 g/mol. The Hall–Kier alpha value is -2.89. The molecule has 11 heteroatoms. The van der Waals surface area contributed by atoms with Crippen LogP contribution in [0, 0.1) is 12.3 Å². The quantitative estimate of drug-likeness (QED) is 0.488. The van der Waals surface area contributed by atoms with Gasteiger partial charge >= 0.3 is 6.01 Å². The Morgan fingerprint density at radius 3 is 2.59 bits per heavy atom. The molecule has 4 atom stereocenters. The average Bonchev–Trinajstić information content (AvgIpc) is 3.38. The maximum atomic E-state index is 12.5. The molecule has 34 heavy (non-hydrogen) atoms. The van der Waals surface area contributed by atoms with E-state index in [0.717, 1.165) is 5.56 Å². The van der Waals surface area contributed by atoms with Gasteiger partial charge in [0.05, 0.1) is 32.9 Å². The lowest BCUT2D eigenvalue weighted by molar-refractivity contribution is -0.141. The first-order chi connectivity index (χ1) is 16.2. The third kappa shape index (κ3) is 4.42. The van der Waals surface area contributed by atoms with Crippen molar-refractivity contribution in [3.63, 3.8) is 0 Å². The van der Waals surface area contributed by atoms with Crippen LogP contribution in [0.5, 0.6) is 11.5 Å². The van der Waals surface area contributed by atoms with E-state index in [4.69, 9.17) is 13.9 Å². The van der Waals surface area contributed by atoms with E-state index in [-0.39, 0.29) is 18.6 Å². The number of methoxy groups -OCH3 is 1. The summed E-state index contributed by atoms with van der Waals surface area (Å²) in [6.45, 7) is 6.45. The molecule has 4 rings (SSSR count). The zero-order chi connectivity index (χ0) is 24.6. The van der Waals surface area contributed by atoms with Crippen molar-refractivity contribution in [3.8, 4) is 11.5 Å². The number of aryl methyl sites for hydroxylation is 1. The van der Waals surface area contributed by atoms with Gasteiger partial charge in [-0.25, -0.2) is 0 Å². The summed E-state index contributed by atoms with van der Waals surface area (Å²) < 4.78 is 17.2. The Kier molecular flexibility index (Phi) is 6.70. The molecule has 2 aliphatic heterocycles. The predicted molar refractivity (Wildman–Crippen MR) is 121 cm³/mol. The summed E-state index contributed by atoms with van der Waals surface area (Å²) in [7, 11) is 1.57. The molecule has 1 aromatic carbocycles. The number of hydrogen-bond acceptors (Lipinski definition) is 10. The summed E-state index contributed by atoms with van der Waals surface area (Å²) >= 11 is 0. The highest BCUT2D eigenvalue weighted by molar-refractivity contribution is 5.81. The van der Waals surface area contributed by atoms with E-state index >= 15 is 0 Å². The third-order valence-electron chi connectivity index (χ3n) is 6.97. The minimum Gasteiger partial charge on any atom is -0.493 e. The van der Waals surface area contributed by atoms with E-state index in [9.17, 15) is 20.1 Å². The maximum absolute atomic E-state index is 12.5. The fourth-order valence-electron chi connectivity index (χ4n) is 4.65. The Bertz CT molecular complexity index is 1020. The van der Waals surface area contributed by atoms with Crippen molar-refractivity contribution in [1.82, 2.24) is 15.1 Å². The van der Waals surface area contributed by atoms with Gasteiger partial charge in [0.2, 0.25) is 5.89 Å². The van der Waals surface area contributed by atoms with Gasteiger partial charge in [0.1, 0.15) is 6.10 Å². The zero-order valence-electron chi connectivity index (χ0n) is 19.8. The molecular formula is C23H32N4O7. The number of carbonyl (C=O) groups is 1. The predicted octanol–water partition coefficient (Wildman–Crippen LogP) is 0.320. The molecule has 3 heterocycles. The molecule has 2 aliphatic rings. The van der Waals surface area contributed by atoms with Crippen LogP contribution < -0.4 is 14.4 Å². The van der Waals surface area contributed by atoms with Crippen LogP contribution in [-0.2, 0) is 4.79 Å². The van der Waals surface area contributed by atoms with Crippen molar-refractivity contribution in [3.05, 3.63) is 29.7 Å². The Labute approximate surface area is 197 Å². The van der Waals surface area contributed by atoms with Crippen LogP contribution >= 0.6 is 0 Å². The van der Waals surface area contributed by atoms with Gasteiger partial charge in [-0.2, -0.15) is 0 Å². The van der Waals surface area contributed by atoms with Crippen molar-refractivity contribution in [2.75, 3.05) is 44.8 Å². The average molecular weight is 477 g/mol. The van der Waals surface area contributed by atoms with Gasteiger partial charge in [-0.3, -0.25) is 4.79 Å². The van der Waals surface area contributed by atoms with Gasteiger partial charge in [-0.05, 0) is 24.6 Å². The fraction of sp³-hybridized carbons (Fsp3) is 0.609. The molecule has 0 spiro atoms. The number of aromatic nitrogens is 2. The van der Waals surface area contributed by atoms with Crippen molar-refractivity contribution >= 4 is 11.9 Å². The molecular weight excluding hydrogens is 444 g/mol. The van der Waals surface area contributed by atoms with Crippen molar-refractivity contribution in [2.24, 2.45) is 5.41 Å². The lowest BCUT2D eigenvalue weighted by Gasteiger charge is -2.38. The first-order valence-corrected chi connectivity index (χ1v) is 11.3. The number of aliphatic hydroxyl groups excluding tert-OH is 3. The summed E-state index contributed by atoms with van der Waals surface area (Å²) in [5.74, 6) is 0.892. The van der Waals surface area contributed by atoms with Crippen LogP contribution in [-0.4, -0.2) is 94.5 Å². The van der Waals surface area contributed by atoms with Gasteiger partial charge in [0.25, 0.3) is 5.91 Å². The fourth-order valence-corrected chi connectivity index (χ4v) is 4.65. The number of hydrogen-bond donors (Lipinski definition) is 3. The summed E-state index contributed by atoms with van der Waals surface area (Å²) in [5.41, 5.74) is 0.233. The number of aliphatic hydroxyl groups is 3. The molecule has 2 aromatic rings. The van der Waals surface area contributed by atoms with E-state index in [1.165, 1.54) is 4.90 Å². The standard InChI is InChI=1S/C23H32N4O7/c1-13(29)23(3)12-27(21(31)18(30)11-28)10-17(23)15-5-6-19(32-4)20(7-15)34-16-8-26(9-16)22-25-24-14(2)33-22/h5-7,13,16-18,28-30H,8-12H2,1-4H3/t13-,17+,18?,23+/m1/s1. The lowest BCUT2D eigenvalue weighted by Crippen LogP contribution is -2.54. The Morgan fingerprint density at radius 1 is 1.26 bits per heavy atom. The molecule has 2 saturated heterocycles. The smallest absolute Gasteiger partial charge is 0.318 e. The molecule has 2 fully saturated rings. The molecule has 186 valence electrons. The third-order valence-corrected chi connectivity index (χ3v) is 6.97. The first-order valence-electron chi connectivity index (χ1n) is 11.3. The number of likely N-dealkylation sites (tertiary alicyclic amines) is 1. The number of benzene rings is 1. The molecule has 1 amide bonds. The summed E-state index contributed by atoms with van der Waals surface area (Å²) in [5, 5.41) is 37.5. The Balaban J connectivity index is 1.53. The van der Waals surface area contributed by atoms with Crippen LogP contribution in [0.25, 0.3) is 0 Å². The van der Waals surface area contributed by atoms with Crippen LogP contribution in [0.3, 0.4) is 0 Å². The summed E-state index contributed by atoms with van der Waals surface area (Å²) in [6.07, 6.45) is -2.29. The first kappa shape index (κ1) is 24.2. The molecule has 0 aliphatic carbocycles. The van der Waals surface area contributed by atoms with E-state index in [1.807, 2.05) is 30.0 Å². The van der Waals surface area contributed by atoms with Gasteiger partial charge < -0.3 is 39.0 Å². The van der Waals surface area contributed by atoms with E-state index in [1.54, 1.807) is 21.0 Å². The van der Waals surface area contributed by atoms with Gasteiger partial charge in [0.15, 0.2) is 17.6 Å². The number of rotatable bonds is 8. The normalized spacial score (nSPS) is 24.6. The zero-order valence-corrected chi connectivity index (χ0v) is 19.8. The number of ether oxygens (including phenoxy) is 2. The van der Waals surface area contributed by atoms with Crippen LogP contribution in [0.1, 0.15) is 31.2 Å². The topological polar surface area (TPSA) is 142 Å². The van der Waals surface area contributed by atoms with Crippen molar-refractivity contribution < 1.29 is 34.0 Å². The number of carbonyl (C=O) groups excluding carboxylic acids is 1. The molecule has 0 radical (unpaired) electrons. The van der Waals surface area contributed by atoms with E-state index < -0.39 is 30.1 Å². The minimum atomic E-state index is -1.48. The highest BCUT2D eigenvalue weighted by atomic mass is 16.5. The molecule has 11 nitrogen and oxygen atoms in total. The van der Waals surface area contributed by atoms with Gasteiger partial charge in [0, 0.05) is 31.3 Å². The van der Waals surface area contributed by atoms with Crippen LogP contribution in [0.15, 0.2) is 22.6 Å². The van der Waals surface area contributed by atoms with Gasteiger partial charge in [-0.1, -0.05) is 18.1 Å². The maximum Gasteiger partial charge on any atom is 0.318 e. The van der Waals surface area contributed by atoms with Crippen molar-refractivity contribution in [1.29, 1.82) is 0 Å². The van der Waals surface area contributed by atoms with Crippen molar-refractivity contribution in [2.45, 2.75) is 45.0 Å². The second-order valence-electron chi connectivity index (χ2n) is 9.31. The molecule has 1 unspecified atom stereocenters. The molecule has 0 bridgehead atoms. The molecule has 3 N–H and O–H groups in total. The number of anilines is 1. The van der Waals surface area contributed by atoms with Crippen LogP contribution in [0.2, 0.25) is 0 Å².